The molecule has 0 fully saturated rings. The first-order chi connectivity index (χ1) is 10.1. The van der Waals surface area contributed by atoms with Crippen molar-refractivity contribution in [2.45, 2.75) is 33.2 Å². The molecular formula is C17H20F2N2. The highest BCUT2D eigenvalue weighted by Gasteiger charge is 2.23. The van der Waals surface area contributed by atoms with Crippen LogP contribution in [0.25, 0.3) is 0 Å². The molecule has 1 unspecified atom stereocenters. The monoisotopic (exact) mass is 290 g/mol. The van der Waals surface area contributed by atoms with Crippen LogP contribution in [0.5, 0.6) is 0 Å². The summed E-state index contributed by atoms with van der Waals surface area (Å²) in [6, 6.07) is 4.09. The maximum Gasteiger partial charge on any atom is 0.134 e. The summed E-state index contributed by atoms with van der Waals surface area (Å²) >= 11 is 0. The Kier molecular flexibility index (Phi) is 5.02. The van der Waals surface area contributed by atoms with E-state index in [9.17, 15) is 8.78 Å². The molecule has 1 heterocycles. The van der Waals surface area contributed by atoms with E-state index in [4.69, 9.17) is 0 Å². The van der Waals surface area contributed by atoms with Gasteiger partial charge in [-0.2, -0.15) is 0 Å². The van der Waals surface area contributed by atoms with Crippen molar-refractivity contribution in [3.63, 3.8) is 0 Å². The van der Waals surface area contributed by atoms with Gasteiger partial charge in [0.05, 0.1) is 6.04 Å². The van der Waals surface area contributed by atoms with Gasteiger partial charge in [-0.05, 0) is 55.6 Å². The minimum atomic E-state index is -0.525. The molecule has 1 N–H and O–H groups in total. The molecule has 0 saturated carbocycles. The Hall–Kier alpha value is -1.81. The molecule has 0 bridgehead atoms. The molecule has 1 aromatic heterocycles. The van der Waals surface area contributed by atoms with E-state index < -0.39 is 17.7 Å². The molecule has 112 valence electrons. The Morgan fingerprint density at radius 1 is 1.14 bits per heavy atom. The normalized spacial score (nSPS) is 12.4. The SMILES string of the molecule is CCCNC(c1ccncc1C)c1c(F)ccc(C)c1F. The maximum atomic E-state index is 14.5. The largest absolute Gasteiger partial charge is 0.306 e. The third kappa shape index (κ3) is 3.27. The fourth-order valence-corrected chi connectivity index (χ4v) is 2.41. The van der Waals surface area contributed by atoms with Gasteiger partial charge in [-0.25, -0.2) is 8.78 Å². The lowest BCUT2D eigenvalue weighted by molar-refractivity contribution is 0.498. The lowest BCUT2D eigenvalue weighted by Gasteiger charge is -2.23. The van der Waals surface area contributed by atoms with Gasteiger partial charge in [0.1, 0.15) is 11.6 Å². The van der Waals surface area contributed by atoms with Gasteiger partial charge in [-0.15, -0.1) is 0 Å². The summed E-state index contributed by atoms with van der Waals surface area (Å²) in [4.78, 5) is 4.05. The highest BCUT2D eigenvalue weighted by atomic mass is 19.1. The Balaban J connectivity index is 2.56. The lowest BCUT2D eigenvalue weighted by Crippen LogP contribution is -2.26. The Labute approximate surface area is 124 Å². The predicted molar refractivity (Wildman–Crippen MR) is 80.2 cm³/mol. The second-order valence-electron chi connectivity index (χ2n) is 5.21. The Morgan fingerprint density at radius 3 is 2.57 bits per heavy atom. The van der Waals surface area contributed by atoms with Crippen molar-refractivity contribution in [1.82, 2.24) is 10.3 Å². The first-order valence-corrected chi connectivity index (χ1v) is 7.14. The summed E-state index contributed by atoms with van der Waals surface area (Å²) < 4.78 is 28.7. The van der Waals surface area contributed by atoms with Gasteiger partial charge < -0.3 is 5.32 Å². The zero-order valence-corrected chi connectivity index (χ0v) is 12.6. The third-order valence-corrected chi connectivity index (χ3v) is 3.58. The average Bonchev–Trinajstić information content (AvgIpc) is 2.47. The number of aryl methyl sites for hydroxylation is 2. The van der Waals surface area contributed by atoms with Crippen molar-refractivity contribution in [2.75, 3.05) is 6.54 Å². The van der Waals surface area contributed by atoms with Crippen LogP contribution >= 0.6 is 0 Å². The van der Waals surface area contributed by atoms with Crippen molar-refractivity contribution < 1.29 is 8.78 Å². The smallest absolute Gasteiger partial charge is 0.134 e. The Morgan fingerprint density at radius 2 is 1.90 bits per heavy atom. The van der Waals surface area contributed by atoms with Crippen molar-refractivity contribution >= 4 is 0 Å². The predicted octanol–water partition coefficient (Wildman–Crippen LogP) is 4.07. The van der Waals surface area contributed by atoms with Crippen LogP contribution in [0.2, 0.25) is 0 Å². The number of hydrogen-bond acceptors (Lipinski definition) is 2. The summed E-state index contributed by atoms with van der Waals surface area (Å²) in [6.45, 7) is 6.24. The van der Waals surface area contributed by atoms with E-state index in [1.54, 1.807) is 19.3 Å². The molecule has 2 rings (SSSR count). The first-order valence-electron chi connectivity index (χ1n) is 7.14. The molecule has 0 aliphatic rings. The molecule has 2 nitrogen and oxygen atoms in total. The molecule has 2 aromatic rings. The summed E-state index contributed by atoms with van der Waals surface area (Å²) in [6.07, 6.45) is 4.24. The highest BCUT2D eigenvalue weighted by molar-refractivity contribution is 5.38. The number of pyridine rings is 1. The summed E-state index contributed by atoms with van der Waals surface area (Å²) in [5, 5.41) is 3.24. The summed E-state index contributed by atoms with van der Waals surface area (Å²) in [5.74, 6) is -1.01. The van der Waals surface area contributed by atoms with E-state index in [0.717, 1.165) is 17.5 Å². The van der Waals surface area contributed by atoms with Gasteiger partial charge in [0.2, 0.25) is 0 Å². The van der Waals surface area contributed by atoms with Gasteiger partial charge in [-0.1, -0.05) is 13.0 Å². The number of hydrogen-bond donors (Lipinski definition) is 1. The molecule has 0 spiro atoms. The van der Waals surface area contributed by atoms with Crippen LogP contribution in [0.1, 0.15) is 41.6 Å². The van der Waals surface area contributed by atoms with Crippen LogP contribution in [0.4, 0.5) is 8.78 Å². The number of rotatable bonds is 5. The minimum Gasteiger partial charge on any atom is -0.306 e. The molecule has 21 heavy (non-hydrogen) atoms. The van der Waals surface area contributed by atoms with Gasteiger partial charge in [0.25, 0.3) is 0 Å². The van der Waals surface area contributed by atoms with Crippen molar-refractivity contribution in [3.05, 3.63) is 64.5 Å². The van der Waals surface area contributed by atoms with Crippen LogP contribution in [-0.2, 0) is 0 Å². The minimum absolute atomic E-state index is 0.0813. The van der Waals surface area contributed by atoms with Crippen molar-refractivity contribution in [2.24, 2.45) is 0 Å². The zero-order chi connectivity index (χ0) is 15.4. The van der Waals surface area contributed by atoms with Gasteiger partial charge in [0, 0.05) is 18.0 Å². The molecule has 1 aromatic carbocycles. The molecule has 0 amide bonds. The first kappa shape index (κ1) is 15.6. The van der Waals surface area contributed by atoms with Crippen LogP contribution < -0.4 is 5.32 Å². The molecule has 0 aliphatic heterocycles. The number of nitrogens with zero attached hydrogens (tertiary/aromatic N) is 1. The molecule has 0 aliphatic carbocycles. The molecular weight excluding hydrogens is 270 g/mol. The maximum absolute atomic E-state index is 14.5. The van der Waals surface area contributed by atoms with Gasteiger partial charge >= 0.3 is 0 Å². The fraction of sp³-hybridized carbons (Fsp3) is 0.353. The van der Waals surface area contributed by atoms with Gasteiger partial charge in [-0.3, -0.25) is 4.98 Å². The number of nitrogens with one attached hydrogen (secondary N) is 1. The summed E-state index contributed by atoms with van der Waals surface area (Å²) in [5.41, 5.74) is 2.28. The standard InChI is InChI=1S/C17H20F2N2/c1-4-8-21-17(13-7-9-20-10-12(13)3)15-14(18)6-5-11(2)16(15)19/h5-7,9-10,17,21H,4,8H2,1-3H3. The zero-order valence-electron chi connectivity index (χ0n) is 12.6. The number of aromatic nitrogens is 1. The van der Waals surface area contributed by atoms with Crippen LogP contribution in [0.3, 0.4) is 0 Å². The molecule has 1 atom stereocenters. The fourth-order valence-electron chi connectivity index (χ4n) is 2.41. The number of halogens is 2. The van der Waals surface area contributed by atoms with E-state index in [0.29, 0.717) is 12.1 Å². The lowest BCUT2D eigenvalue weighted by atomic mass is 9.94. The van der Waals surface area contributed by atoms with Crippen molar-refractivity contribution in [3.8, 4) is 0 Å². The van der Waals surface area contributed by atoms with E-state index in [1.807, 2.05) is 19.9 Å². The second kappa shape index (κ2) is 6.76. The van der Waals surface area contributed by atoms with Crippen molar-refractivity contribution in [1.29, 1.82) is 0 Å². The number of benzene rings is 1. The molecule has 0 radical (unpaired) electrons. The van der Waals surface area contributed by atoms with E-state index in [1.165, 1.54) is 12.1 Å². The second-order valence-corrected chi connectivity index (χ2v) is 5.21. The Bertz CT molecular complexity index is 626. The molecule has 4 heteroatoms. The highest BCUT2D eigenvalue weighted by Crippen LogP contribution is 2.30. The molecule has 0 saturated heterocycles. The van der Waals surface area contributed by atoms with E-state index >= 15 is 0 Å². The topological polar surface area (TPSA) is 24.9 Å². The van der Waals surface area contributed by atoms with Crippen LogP contribution in [0, 0.1) is 25.5 Å². The quantitative estimate of drug-likeness (QED) is 0.898. The average molecular weight is 290 g/mol. The van der Waals surface area contributed by atoms with Gasteiger partial charge in [0.15, 0.2) is 0 Å². The van der Waals surface area contributed by atoms with Crippen LogP contribution in [0.15, 0.2) is 30.6 Å². The van der Waals surface area contributed by atoms with E-state index in [-0.39, 0.29) is 5.56 Å². The third-order valence-electron chi connectivity index (χ3n) is 3.58. The van der Waals surface area contributed by atoms with E-state index in [2.05, 4.69) is 10.3 Å². The summed E-state index contributed by atoms with van der Waals surface area (Å²) in [7, 11) is 0. The van der Waals surface area contributed by atoms with Crippen LogP contribution in [-0.4, -0.2) is 11.5 Å².